The summed E-state index contributed by atoms with van der Waals surface area (Å²) >= 11 is 23.5. The summed E-state index contributed by atoms with van der Waals surface area (Å²) < 4.78 is 10.2. The SMILES string of the molecule is COc1ccc(Cl)cc1NC(=O)C(C)OC(=O)c1nc(Cl)c(Cl)c(N)c1Cl. The van der Waals surface area contributed by atoms with Gasteiger partial charge in [-0.15, -0.1) is 0 Å². The number of halogens is 4. The first-order valence-corrected chi connectivity index (χ1v) is 8.82. The number of carbonyl (C=O) groups excluding carboxylic acids is 2. The molecule has 1 unspecified atom stereocenters. The van der Waals surface area contributed by atoms with Crippen LogP contribution < -0.4 is 15.8 Å². The number of anilines is 2. The average Bonchev–Trinajstić information content (AvgIpc) is 2.62. The van der Waals surface area contributed by atoms with Gasteiger partial charge in [-0.2, -0.15) is 0 Å². The lowest BCUT2D eigenvalue weighted by atomic mass is 10.2. The van der Waals surface area contributed by atoms with E-state index < -0.39 is 18.0 Å². The van der Waals surface area contributed by atoms with Crippen molar-refractivity contribution in [2.24, 2.45) is 0 Å². The van der Waals surface area contributed by atoms with Crippen LogP contribution in [0, 0.1) is 0 Å². The summed E-state index contributed by atoms with van der Waals surface area (Å²) in [5, 5.41) is 2.42. The Kier molecular flexibility index (Phi) is 7.00. The molecule has 1 amide bonds. The van der Waals surface area contributed by atoms with Crippen LogP contribution in [0.4, 0.5) is 11.4 Å². The molecule has 0 bridgehead atoms. The third-order valence-electron chi connectivity index (χ3n) is 3.34. The molecule has 0 aliphatic rings. The molecule has 0 saturated heterocycles. The highest BCUT2D eigenvalue weighted by Gasteiger charge is 2.25. The largest absolute Gasteiger partial charge is 0.495 e. The van der Waals surface area contributed by atoms with Gasteiger partial charge >= 0.3 is 5.97 Å². The molecule has 0 aliphatic carbocycles. The van der Waals surface area contributed by atoms with E-state index in [1.54, 1.807) is 12.1 Å². The third kappa shape index (κ3) is 4.87. The summed E-state index contributed by atoms with van der Waals surface area (Å²) in [5.41, 5.74) is 5.49. The van der Waals surface area contributed by atoms with E-state index in [0.717, 1.165) is 0 Å². The molecule has 0 spiro atoms. The van der Waals surface area contributed by atoms with Crippen molar-refractivity contribution < 1.29 is 19.1 Å². The van der Waals surface area contributed by atoms with E-state index in [1.165, 1.54) is 20.1 Å². The number of nitrogens with zero attached hydrogens (tertiary/aromatic N) is 1. The summed E-state index contributed by atoms with van der Waals surface area (Å²) in [6, 6.07) is 4.67. The Morgan fingerprint density at radius 2 is 1.85 bits per heavy atom. The monoisotopic (exact) mass is 451 g/mol. The van der Waals surface area contributed by atoms with Gasteiger partial charge in [0.1, 0.15) is 10.8 Å². The molecule has 27 heavy (non-hydrogen) atoms. The Morgan fingerprint density at radius 1 is 1.19 bits per heavy atom. The summed E-state index contributed by atoms with van der Waals surface area (Å²) in [4.78, 5) is 28.3. The molecule has 2 rings (SSSR count). The van der Waals surface area contributed by atoms with Crippen LogP contribution in [0.25, 0.3) is 0 Å². The topological polar surface area (TPSA) is 104 Å². The number of amides is 1. The van der Waals surface area contributed by atoms with Crippen LogP contribution in [-0.4, -0.2) is 30.1 Å². The zero-order valence-corrected chi connectivity index (χ0v) is 17.0. The lowest BCUT2D eigenvalue weighted by molar-refractivity contribution is -0.123. The standard InChI is InChI=1S/C16H13Cl4N3O4/c1-6(15(24)22-8-5-7(17)3-4-9(8)26-2)27-16(25)13-10(18)12(21)11(19)14(20)23-13/h3-6H,1-2H3,(H2,21,23)(H,22,24). The summed E-state index contributed by atoms with van der Waals surface area (Å²) in [6.07, 6.45) is -1.20. The predicted octanol–water partition coefficient (Wildman–Crippen LogP) is 4.47. The molecule has 11 heteroatoms. The van der Waals surface area contributed by atoms with E-state index in [9.17, 15) is 9.59 Å². The Morgan fingerprint density at radius 3 is 2.48 bits per heavy atom. The normalized spacial score (nSPS) is 11.6. The fourth-order valence-corrected chi connectivity index (χ4v) is 2.71. The van der Waals surface area contributed by atoms with E-state index in [0.29, 0.717) is 16.5 Å². The number of pyridine rings is 1. The minimum absolute atomic E-state index is 0.0861. The molecule has 0 saturated carbocycles. The van der Waals surface area contributed by atoms with Gasteiger partial charge in [0.25, 0.3) is 5.91 Å². The van der Waals surface area contributed by atoms with Crippen LogP contribution in [0.2, 0.25) is 20.2 Å². The van der Waals surface area contributed by atoms with E-state index in [2.05, 4.69) is 10.3 Å². The number of nitrogens with two attached hydrogens (primary N) is 1. The number of carbonyl (C=O) groups is 2. The van der Waals surface area contributed by atoms with Crippen molar-refractivity contribution in [2.75, 3.05) is 18.2 Å². The van der Waals surface area contributed by atoms with Gasteiger partial charge in [0.15, 0.2) is 17.0 Å². The van der Waals surface area contributed by atoms with Crippen LogP contribution in [0.1, 0.15) is 17.4 Å². The Balaban J connectivity index is 2.15. The molecule has 0 aliphatic heterocycles. The molecular formula is C16H13Cl4N3O4. The number of esters is 1. The maximum absolute atomic E-state index is 12.3. The van der Waals surface area contributed by atoms with Gasteiger partial charge < -0.3 is 20.5 Å². The van der Waals surface area contributed by atoms with Crippen LogP contribution in [0.5, 0.6) is 5.75 Å². The minimum Gasteiger partial charge on any atom is -0.495 e. The van der Waals surface area contributed by atoms with Gasteiger partial charge in [-0.3, -0.25) is 4.79 Å². The first-order chi connectivity index (χ1) is 12.6. The first kappa shape index (κ1) is 21.4. The summed E-state index contributed by atoms with van der Waals surface area (Å²) in [5.74, 6) is -1.24. The molecular weight excluding hydrogens is 440 g/mol. The zero-order valence-electron chi connectivity index (χ0n) is 14.0. The van der Waals surface area contributed by atoms with Crippen LogP contribution in [-0.2, 0) is 9.53 Å². The van der Waals surface area contributed by atoms with E-state index in [4.69, 9.17) is 61.6 Å². The zero-order chi connectivity index (χ0) is 20.3. The summed E-state index contributed by atoms with van der Waals surface area (Å²) in [7, 11) is 1.44. The molecule has 7 nitrogen and oxygen atoms in total. The van der Waals surface area contributed by atoms with Crippen molar-refractivity contribution in [3.05, 3.63) is 44.1 Å². The molecule has 1 heterocycles. The number of hydrogen-bond donors (Lipinski definition) is 2. The van der Waals surface area contributed by atoms with Gasteiger partial charge in [0.2, 0.25) is 0 Å². The predicted molar refractivity (Wildman–Crippen MR) is 105 cm³/mol. The maximum atomic E-state index is 12.3. The Bertz CT molecular complexity index is 908. The highest BCUT2D eigenvalue weighted by Crippen LogP contribution is 2.34. The van der Waals surface area contributed by atoms with Crippen LogP contribution in [0.3, 0.4) is 0 Å². The fourth-order valence-electron chi connectivity index (χ4n) is 1.95. The molecule has 0 fully saturated rings. The Labute approximate surface area is 174 Å². The van der Waals surface area contributed by atoms with Crippen LogP contribution >= 0.6 is 46.4 Å². The van der Waals surface area contributed by atoms with Crippen molar-refractivity contribution in [2.45, 2.75) is 13.0 Å². The van der Waals surface area contributed by atoms with Gasteiger partial charge in [0.05, 0.1) is 23.5 Å². The average molecular weight is 453 g/mol. The molecule has 1 atom stereocenters. The number of benzene rings is 1. The lowest BCUT2D eigenvalue weighted by Crippen LogP contribution is -2.30. The minimum atomic E-state index is -1.20. The second kappa shape index (κ2) is 8.84. The highest BCUT2D eigenvalue weighted by atomic mass is 35.5. The molecule has 0 radical (unpaired) electrons. The second-order valence-electron chi connectivity index (χ2n) is 5.17. The number of hydrogen-bond acceptors (Lipinski definition) is 6. The Hall–Kier alpha value is -1.93. The molecule has 2 aromatic rings. The maximum Gasteiger partial charge on any atom is 0.359 e. The third-order valence-corrected chi connectivity index (χ3v) is 4.71. The number of ether oxygens (including phenoxy) is 2. The van der Waals surface area contributed by atoms with Gasteiger partial charge in [0, 0.05) is 5.02 Å². The lowest BCUT2D eigenvalue weighted by Gasteiger charge is -2.16. The first-order valence-electron chi connectivity index (χ1n) is 7.31. The molecule has 3 N–H and O–H groups in total. The van der Waals surface area contributed by atoms with Gasteiger partial charge in [-0.05, 0) is 25.1 Å². The molecule has 144 valence electrons. The number of methoxy groups -OCH3 is 1. The quantitative estimate of drug-likeness (QED) is 0.512. The van der Waals surface area contributed by atoms with E-state index >= 15 is 0 Å². The second-order valence-corrected chi connectivity index (χ2v) is 6.72. The van der Waals surface area contributed by atoms with Crippen molar-refractivity contribution in [1.82, 2.24) is 4.98 Å². The highest BCUT2D eigenvalue weighted by molar-refractivity contribution is 6.46. The van der Waals surface area contributed by atoms with Gasteiger partial charge in [-0.1, -0.05) is 46.4 Å². The smallest absolute Gasteiger partial charge is 0.359 e. The van der Waals surface area contributed by atoms with Crippen molar-refractivity contribution in [3.63, 3.8) is 0 Å². The molecule has 1 aromatic carbocycles. The number of nitrogens with one attached hydrogen (secondary N) is 1. The van der Waals surface area contributed by atoms with Gasteiger partial charge in [-0.25, -0.2) is 9.78 Å². The van der Waals surface area contributed by atoms with Crippen molar-refractivity contribution in [3.8, 4) is 5.75 Å². The van der Waals surface area contributed by atoms with E-state index in [1.807, 2.05) is 0 Å². The van der Waals surface area contributed by atoms with Crippen LogP contribution in [0.15, 0.2) is 18.2 Å². The van der Waals surface area contributed by atoms with E-state index in [-0.39, 0.29) is 26.6 Å². The van der Waals surface area contributed by atoms with Crippen molar-refractivity contribution >= 4 is 69.7 Å². The number of rotatable bonds is 5. The van der Waals surface area contributed by atoms with Crippen molar-refractivity contribution in [1.29, 1.82) is 0 Å². The number of aromatic nitrogens is 1. The molecule has 1 aromatic heterocycles. The fraction of sp³-hybridized carbons (Fsp3) is 0.188. The number of nitrogen functional groups attached to an aromatic ring is 1. The summed E-state index contributed by atoms with van der Waals surface area (Å²) in [6.45, 7) is 1.36.